The highest BCUT2D eigenvalue weighted by Crippen LogP contribution is 2.24. The van der Waals surface area contributed by atoms with Gasteiger partial charge in [0.05, 0.1) is 0 Å². The van der Waals surface area contributed by atoms with Gasteiger partial charge in [-0.25, -0.2) is 13.6 Å². The zero-order chi connectivity index (χ0) is 39.2. The molecule has 6 atom stereocenters. The van der Waals surface area contributed by atoms with Crippen LogP contribution in [0.5, 0.6) is 0 Å². The number of fused-ring (bicyclic) bond motifs is 2. The number of esters is 1. The number of ether oxygens (including phenoxy) is 1. The summed E-state index contributed by atoms with van der Waals surface area (Å²) in [6.07, 6.45) is 4.44. The van der Waals surface area contributed by atoms with Crippen molar-refractivity contribution in [1.82, 2.24) is 30.7 Å². The van der Waals surface area contributed by atoms with Crippen molar-refractivity contribution in [2.75, 3.05) is 26.7 Å². The fraction of sp³-hybridized carbons (Fsp3) is 0.595. The summed E-state index contributed by atoms with van der Waals surface area (Å²) < 4.78 is 33.9. The summed E-state index contributed by atoms with van der Waals surface area (Å²) in [6, 6.07) is -4.40. The first kappa shape index (κ1) is 40.9. The summed E-state index contributed by atoms with van der Waals surface area (Å²) in [5.74, 6) is -6.67. The van der Waals surface area contributed by atoms with Gasteiger partial charge in [-0.05, 0) is 75.1 Å². The third-order valence-electron chi connectivity index (χ3n) is 9.67. The second kappa shape index (κ2) is 17.3. The summed E-state index contributed by atoms with van der Waals surface area (Å²) in [4.78, 5) is 98.6. The Morgan fingerprint density at radius 1 is 0.943 bits per heavy atom. The lowest BCUT2D eigenvalue weighted by atomic mass is 9.92. The maximum absolute atomic E-state index is 14.2. The van der Waals surface area contributed by atoms with Gasteiger partial charge in [-0.15, -0.1) is 0 Å². The summed E-state index contributed by atoms with van der Waals surface area (Å²) in [7, 11) is 1.42. The number of carbonyl (C=O) groups is 7. The molecule has 3 saturated heterocycles. The van der Waals surface area contributed by atoms with E-state index in [1.807, 2.05) is 20.8 Å². The van der Waals surface area contributed by atoms with Gasteiger partial charge in [0.2, 0.25) is 35.4 Å². The number of likely N-dealkylation sites (N-methyl/N-ethyl adjacent to an activating group) is 1. The molecule has 3 aliphatic rings. The maximum Gasteiger partial charge on any atom is 0.328 e. The molecule has 14 nitrogen and oxygen atoms in total. The number of nitrogens with one attached hydrogen (secondary N) is 3. The molecule has 0 radical (unpaired) electrons. The SMILES string of the molecule is C[C@@H]1NC(=O)[C@H](C)N(C)C(=O)[C@@H]2CCCN2C(=O)[C@@H](NC(=O)[C@H](Cc2cc(F)cc(F)c2)NC(=O)C=CCC(C)(C)C)COC(=O)[C@@H]2CCCN2C1=O. The summed E-state index contributed by atoms with van der Waals surface area (Å²) in [5.41, 5.74) is -0.0898. The molecule has 0 saturated carbocycles. The zero-order valence-corrected chi connectivity index (χ0v) is 31.1. The van der Waals surface area contributed by atoms with Crippen LogP contribution in [0.25, 0.3) is 0 Å². The molecular weight excluding hydrogens is 694 g/mol. The minimum atomic E-state index is -1.57. The van der Waals surface area contributed by atoms with Crippen LogP contribution in [0.3, 0.4) is 0 Å². The number of halogens is 2. The third kappa shape index (κ3) is 10.6. The number of amides is 6. The number of carbonyl (C=O) groups excluding carboxylic acids is 7. The molecule has 3 aliphatic heterocycles. The average molecular weight is 745 g/mol. The predicted molar refractivity (Wildman–Crippen MR) is 187 cm³/mol. The minimum Gasteiger partial charge on any atom is -0.461 e. The lowest BCUT2D eigenvalue weighted by Crippen LogP contribution is -2.60. The molecule has 0 aliphatic carbocycles. The molecule has 53 heavy (non-hydrogen) atoms. The van der Waals surface area contributed by atoms with E-state index in [9.17, 15) is 42.3 Å². The van der Waals surface area contributed by atoms with E-state index in [1.54, 1.807) is 6.08 Å². The first-order valence-electron chi connectivity index (χ1n) is 17.9. The zero-order valence-electron chi connectivity index (χ0n) is 31.1. The monoisotopic (exact) mass is 744 g/mol. The number of allylic oxidation sites excluding steroid dienone is 1. The molecule has 0 spiro atoms. The highest BCUT2D eigenvalue weighted by atomic mass is 19.1. The number of hydrogen-bond donors (Lipinski definition) is 3. The molecule has 0 bridgehead atoms. The van der Waals surface area contributed by atoms with Gasteiger partial charge in [0.15, 0.2) is 0 Å². The molecule has 0 unspecified atom stereocenters. The molecule has 3 fully saturated rings. The van der Waals surface area contributed by atoms with Crippen molar-refractivity contribution in [2.24, 2.45) is 5.41 Å². The van der Waals surface area contributed by atoms with Gasteiger partial charge in [0.25, 0.3) is 0 Å². The van der Waals surface area contributed by atoms with Crippen molar-refractivity contribution in [2.45, 2.75) is 109 Å². The van der Waals surface area contributed by atoms with Crippen LogP contribution in [0.1, 0.15) is 72.3 Å². The Kier molecular flexibility index (Phi) is 13.3. The average Bonchev–Trinajstić information content (AvgIpc) is 3.77. The lowest BCUT2D eigenvalue weighted by molar-refractivity contribution is -0.158. The first-order valence-corrected chi connectivity index (χ1v) is 17.9. The summed E-state index contributed by atoms with van der Waals surface area (Å²) in [6.45, 7) is 8.54. The number of cyclic esters (lactones) is 1. The molecule has 4 rings (SSSR count). The van der Waals surface area contributed by atoms with Crippen molar-refractivity contribution in [3.63, 3.8) is 0 Å². The normalized spacial score (nSPS) is 25.5. The number of benzene rings is 1. The van der Waals surface area contributed by atoms with Crippen LogP contribution in [0, 0.1) is 17.0 Å². The van der Waals surface area contributed by atoms with Gasteiger partial charge in [-0.1, -0.05) is 26.8 Å². The van der Waals surface area contributed by atoms with Gasteiger partial charge in [-0.3, -0.25) is 28.8 Å². The van der Waals surface area contributed by atoms with Crippen LogP contribution >= 0.6 is 0 Å². The van der Waals surface area contributed by atoms with Gasteiger partial charge < -0.3 is 35.4 Å². The van der Waals surface area contributed by atoms with Crippen molar-refractivity contribution in [3.05, 3.63) is 47.5 Å². The summed E-state index contributed by atoms with van der Waals surface area (Å²) in [5, 5.41) is 7.73. The molecule has 290 valence electrons. The van der Waals surface area contributed by atoms with Gasteiger partial charge in [0.1, 0.15) is 54.5 Å². The van der Waals surface area contributed by atoms with Gasteiger partial charge in [0, 0.05) is 32.6 Å². The van der Waals surface area contributed by atoms with Crippen molar-refractivity contribution < 1.29 is 47.1 Å². The number of hydrogen-bond acceptors (Lipinski definition) is 8. The van der Waals surface area contributed by atoms with E-state index in [0.29, 0.717) is 25.3 Å². The van der Waals surface area contributed by atoms with Crippen LogP contribution < -0.4 is 16.0 Å². The fourth-order valence-corrected chi connectivity index (χ4v) is 6.63. The van der Waals surface area contributed by atoms with E-state index in [4.69, 9.17) is 4.74 Å². The molecule has 3 N–H and O–H groups in total. The third-order valence-corrected chi connectivity index (χ3v) is 9.67. The molecule has 6 amide bonds. The van der Waals surface area contributed by atoms with Crippen LogP contribution in [0.2, 0.25) is 0 Å². The van der Waals surface area contributed by atoms with Crippen LogP contribution in [0.4, 0.5) is 8.78 Å². The number of nitrogens with zero attached hydrogens (tertiary/aromatic N) is 3. The molecule has 1 aromatic rings. The minimum absolute atomic E-state index is 0.0454. The highest BCUT2D eigenvalue weighted by Gasteiger charge is 2.43. The van der Waals surface area contributed by atoms with E-state index < -0.39 is 95.9 Å². The maximum atomic E-state index is 14.2. The smallest absolute Gasteiger partial charge is 0.328 e. The second-order valence-corrected chi connectivity index (χ2v) is 15.1. The predicted octanol–water partition coefficient (Wildman–Crippen LogP) is 1.36. The Hall–Kier alpha value is -4.89. The van der Waals surface area contributed by atoms with Gasteiger partial charge >= 0.3 is 5.97 Å². The Morgan fingerprint density at radius 3 is 2.17 bits per heavy atom. The van der Waals surface area contributed by atoms with Gasteiger partial charge in [-0.2, -0.15) is 0 Å². The van der Waals surface area contributed by atoms with E-state index in [1.165, 1.54) is 41.7 Å². The topological polar surface area (TPSA) is 175 Å². The van der Waals surface area contributed by atoms with Crippen LogP contribution in [-0.4, -0.2) is 119 Å². The van der Waals surface area contributed by atoms with Crippen LogP contribution in [0.15, 0.2) is 30.4 Å². The fourth-order valence-electron chi connectivity index (χ4n) is 6.63. The van der Waals surface area contributed by atoms with Crippen LogP contribution in [-0.2, 0) is 44.7 Å². The Labute approximate surface area is 308 Å². The molecule has 16 heteroatoms. The molecule has 0 aromatic heterocycles. The van der Waals surface area contributed by atoms with Crippen molar-refractivity contribution in [3.8, 4) is 0 Å². The quantitative estimate of drug-likeness (QED) is 0.277. The number of rotatable bonds is 7. The lowest BCUT2D eigenvalue weighted by Gasteiger charge is -2.34. The Morgan fingerprint density at radius 2 is 1.55 bits per heavy atom. The Bertz CT molecular complexity index is 1610. The van der Waals surface area contributed by atoms with E-state index in [0.717, 1.165) is 12.1 Å². The van der Waals surface area contributed by atoms with E-state index in [-0.39, 0.29) is 43.3 Å². The van der Waals surface area contributed by atoms with Crippen molar-refractivity contribution >= 4 is 41.4 Å². The second-order valence-electron chi connectivity index (χ2n) is 15.1. The van der Waals surface area contributed by atoms with E-state index in [2.05, 4.69) is 16.0 Å². The standard InChI is InChI=1S/C37H50F2N6O8/c1-21-33(49)45-15-9-11-29(45)36(52)53-20-27(34(50)44-14-8-10-28(44)35(51)43(6)22(2)31(47)40-21)42-32(48)26(18-23-16-24(38)19-25(39)17-23)41-30(46)12-7-13-37(3,4)5/h7,12,16-17,19,21-22,26-29H,8-11,13-15,18,20H2,1-6H3,(H,40,47)(H,41,46)(H,42,48)/t21-,22-,26-,27-,28-,29-/m0/s1. The molecule has 1 aromatic carbocycles. The summed E-state index contributed by atoms with van der Waals surface area (Å²) >= 11 is 0. The largest absolute Gasteiger partial charge is 0.461 e. The van der Waals surface area contributed by atoms with E-state index >= 15 is 0 Å². The molecule has 3 heterocycles. The Balaban J connectivity index is 1.67. The molecular formula is C37H50F2N6O8. The first-order chi connectivity index (χ1) is 24.9. The highest BCUT2D eigenvalue weighted by molar-refractivity contribution is 5.98. The van der Waals surface area contributed by atoms with Crippen molar-refractivity contribution in [1.29, 1.82) is 0 Å².